The predicted octanol–water partition coefficient (Wildman–Crippen LogP) is 1.98. The molecular formula is AgClFeS2. The van der Waals surface area contributed by atoms with Gasteiger partial charge in [0.1, 0.15) is 0 Å². The van der Waals surface area contributed by atoms with Gasteiger partial charge in [-0.1, -0.05) is 0 Å². The van der Waals surface area contributed by atoms with Gasteiger partial charge in [0.2, 0.25) is 0 Å². The molecule has 0 radical (unpaired) electrons. The zero-order valence-corrected chi connectivity index (χ0v) is 6.82. The van der Waals surface area contributed by atoms with E-state index in [1.165, 1.54) is 0 Å². The maximum absolute atomic E-state index is 4.45. The summed E-state index contributed by atoms with van der Waals surface area (Å²) in [5.74, 6) is 0. The fraction of sp³-hybridized carbons (Fsp3) is 0. The van der Waals surface area contributed by atoms with Crippen LogP contribution in [-0.2, 0) is 31.7 Å². The number of hydrogen-bond acceptors (Lipinski definition) is 2. The van der Waals surface area contributed by atoms with E-state index in [9.17, 15) is 0 Å². The number of halogens is 1. The van der Waals surface area contributed by atoms with E-state index in [0.29, 0.717) is 11.7 Å². The quantitative estimate of drug-likeness (QED) is 0.613. The van der Waals surface area contributed by atoms with Crippen molar-refractivity contribution < 1.29 is 31.7 Å². The molecule has 0 fully saturated rings. The Morgan fingerprint density at radius 3 is 1.40 bits per heavy atom. The molecule has 0 heterocycles. The van der Waals surface area contributed by atoms with Crippen LogP contribution in [0.1, 0.15) is 0 Å². The van der Waals surface area contributed by atoms with Gasteiger partial charge in [-0.3, -0.25) is 0 Å². The first kappa shape index (κ1) is 10.1. The van der Waals surface area contributed by atoms with Crippen molar-refractivity contribution in [2.75, 3.05) is 0 Å². The van der Waals surface area contributed by atoms with Crippen molar-refractivity contribution in [3.8, 4) is 0 Å². The third-order valence-electron chi connectivity index (χ3n) is 0. The summed E-state index contributed by atoms with van der Waals surface area (Å²) in [6.07, 6.45) is 0. The summed E-state index contributed by atoms with van der Waals surface area (Å²) in [4.78, 5) is 0. The summed E-state index contributed by atoms with van der Waals surface area (Å²) < 4.78 is 0. The van der Waals surface area contributed by atoms with E-state index in [1.807, 2.05) is 0 Å². The molecule has 0 aliphatic carbocycles. The monoisotopic (exact) mass is 262 g/mol. The fourth-order valence-electron chi connectivity index (χ4n) is 0. The van der Waals surface area contributed by atoms with Crippen molar-refractivity contribution in [2.24, 2.45) is 0 Å². The second-order valence-corrected chi connectivity index (χ2v) is 2.19. The maximum atomic E-state index is 4.45. The van der Waals surface area contributed by atoms with Gasteiger partial charge in [-0.25, -0.2) is 0 Å². The molecule has 0 bridgehead atoms. The molecule has 0 nitrogen and oxygen atoms in total. The van der Waals surface area contributed by atoms with E-state index in [1.54, 1.807) is 0 Å². The van der Waals surface area contributed by atoms with E-state index >= 15 is 0 Å². The summed E-state index contributed by atoms with van der Waals surface area (Å²) in [5.41, 5.74) is 0. The van der Waals surface area contributed by atoms with Crippen molar-refractivity contribution in [3.05, 3.63) is 0 Å². The zero-order chi connectivity index (χ0) is 4.71. The molecule has 0 aromatic carbocycles. The molecule has 38 valence electrons. The minimum atomic E-state index is 0.417. The molecule has 5 heavy (non-hydrogen) atoms. The Bertz CT molecular complexity index is 30.6. The van der Waals surface area contributed by atoms with Gasteiger partial charge >= 0.3 is 62.0 Å². The SMILES string of the molecule is [Cl][Ag].[S]=[Fe]=[S]. The van der Waals surface area contributed by atoms with Gasteiger partial charge in [0, 0.05) is 0 Å². The summed E-state index contributed by atoms with van der Waals surface area (Å²) >= 11 is 2.84. The van der Waals surface area contributed by atoms with Crippen LogP contribution < -0.4 is 0 Å². The Kier molecular flexibility index (Phi) is 33.6. The molecule has 0 amide bonds. The zero-order valence-electron chi connectivity index (χ0n) is 1.85. The van der Waals surface area contributed by atoms with Gasteiger partial charge < -0.3 is 0 Å². The van der Waals surface area contributed by atoms with E-state index in [0.717, 1.165) is 0 Å². The Balaban J connectivity index is 0. The first-order chi connectivity index (χ1) is 2.41. The van der Waals surface area contributed by atoms with Crippen molar-refractivity contribution in [1.29, 1.82) is 0 Å². The number of rotatable bonds is 0. The van der Waals surface area contributed by atoms with Crippen LogP contribution in [0, 0.1) is 0 Å². The van der Waals surface area contributed by atoms with Gasteiger partial charge in [-0.05, 0) is 0 Å². The van der Waals surface area contributed by atoms with Crippen LogP contribution in [0.3, 0.4) is 0 Å². The van der Waals surface area contributed by atoms with Crippen LogP contribution in [0.25, 0.3) is 0 Å². The van der Waals surface area contributed by atoms with Crippen molar-refractivity contribution in [3.63, 3.8) is 0 Å². The molecule has 5 heteroatoms. The normalized spacial score (nSPS) is 4.60. The predicted molar refractivity (Wildman–Crippen MR) is 21.0 cm³/mol. The average molecular weight is 263 g/mol. The summed E-state index contributed by atoms with van der Waals surface area (Å²) in [6.45, 7) is 0. The molecule has 0 aromatic rings. The molecule has 0 spiro atoms. The van der Waals surface area contributed by atoms with Crippen molar-refractivity contribution >= 4 is 30.3 Å². The summed E-state index contributed by atoms with van der Waals surface area (Å²) in [6, 6.07) is 0. The molecule has 0 aromatic heterocycles. The molecular weight excluding hydrogens is 263 g/mol. The van der Waals surface area contributed by atoms with E-state index in [-0.39, 0.29) is 0 Å². The van der Waals surface area contributed by atoms with E-state index in [4.69, 9.17) is 0 Å². The molecule has 0 aliphatic heterocycles. The van der Waals surface area contributed by atoms with Gasteiger partial charge in [-0.2, -0.15) is 0 Å². The molecule has 0 aliphatic rings. The standard InChI is InChI=1S/Ag.ClH.Fe.2S/h;1H;;;/q+1;;;;/p-1. The van der Waals surface area contributed by atoms with Gasteiger partial charge in [0.05, 0.1) is 0 Å². The average Bonchev–Trinajstić information content (AvgIpc) is 1.46. The first-order valence-electron chi connectivity index (χ1n) is 0.403. The molecule has 0 unspecified atom stereocenters. The Labute approximate surface area is 61.3 Å². The Morgan fingerprint density at radius 2 is 1.40 bits per heavy atom. The molecule has 0 rings (SSSR count). The molecule has 0 saturated carbocycles. The van der Waals surface area contributed by atoms with Crippen LogP contribution in [0.4, 0.5) is 0 Å². The third-order valence-corrected chi connectivity index (χ3v) is 0. The first-order valence-corrected chi connectivity index (χ1v) is 5.59. The van der Waals surface area contributed by atoms with Crippen LogP contribution in [-0.4, -0.2) is 0 Å². The molecule has 0 N–H and O–H groups in total. The van der Waals surface area contributed by atoms with E-state index < -0.39 is 0 Å². The second-order valence-electron chi connectivity index (χ2n) is 0.0589. The van der Waals surface area contributed by atoms with Crippen LogP contribution in [0.5, 0.6) is 0 Å². The fourth-order valence-corrected chi connectivity index (χ4v) is 0. The van der Waals surface area contributed by atoms with Crippen molar-refractivity contribution in [1.82, 2.24) is 0 Å². The van der Waals surface area contributed by atoms with Gasteiger partial charge in [-0.15, -0.1) is 0 Å². The third kappa shape index (κ3) is 24.1. The van der Waals surface area contributed by atoms with Gasteiger partial charge in [0.15, 0.2) is 0 Å². The molecule has 0 saturated heterocycles. The van der Waals surface area contributed by atoms with Crippen LogP contribution in [0.15, 0.2) is 0 Å². The minimum absolute atomic E-state index is 0.417. The summed E-state index contributed by atoms with van der Waals surface area (Å²) in [7, 11) is 12.9. The van der Waals surface area contributed by atoms with Crippen LogP contribution in [0.2, 0.25) is 0 Å². The van der Waals surface area contributed by atoms with E-state index in [2.05, 4.69) is 50.3 Å². The topological polar surface area (TPSA) is 0 Å². The molecule has 0 atom stereocenters. The Hall–Kier alpha value is 1.99. The van der Waals surface area contributed by atoms with Crippen LogP contribution >= 0.6 is 30.3 Å². The summed E-state index contributed by atoms with van der Waals surface area (Å²) in [5, 5.41) is 0. The second kappa shape index (κ2) is 16.7. The number of hydrogen-bond donors (Lipinski definition) is 0. The van der Waals surface area contributed by atoms with Crippen molar-refractivity contribution in [2.45, 2.75) is 0 Å². The van der Waals surface area contributed by atoms with Gasteiger partial charge in [0.25, 0.3) is 0 Å². The Morgan fingerprint density at radius 1 is 1.40 bits per heavy atom.